The van der Waals surface area contributed by atoms with E-state index in [0.717, 1.165) is 73.4 Å². The highest BCUT2D eigenvalue weighted by molar-refractivity contribution is 5.86. The molecule has 1 aliphatic rings. The molecule has 0 atom stereocenters. The standard InChI is InChI=1S/C50H33N5/c1-4-14-33(15-5-1)36-21-12-23-38(26-36)41-28-42(46-45-31-39-20-10-11-25-44(39)47(45)52-32-51-46)30-43(29-41)50-54-48(35-18-8-3-9-19-35)53-49(55-50)40-24-13-22-37(27-40)34-16-6-2-7-17-34/h1-30,32H,31H2. The van der Waals surface area contributed by atoms with Crippen LogP contribution < -0.4 is 0 Å². The molecule has 0 fully saturated rings. The normalized spacial score (nSPS) is 11.6. The number of hydrogen-bond donors (Lipinski definition) is 0. The monoisotopic (exact) mass is 703 g/mol. The van der Waals surface area contributed by atoms with Crippen LogP contribution in [-0.2, 0) is 6.42 Å². The minimum absolute atomic E-state index is 0.588. The summed E-state index contributed by atoms with van der Waals surface area (Å²) in [7, 11) is 0. The molecule has 5 nitrogen and oxygen atoms in total. The highest BCUT2D eigenvalue weighted by Crippen LogP contribution is 2.41. The summed E-state index contributed by atoms with van der Waals surface area (Å²) in [5.74, 6) is 1.81. The van der Waals surface area contributed by atoms with Crippen LogP contribution in [0.2, 0.25) is 0 Å². The molecule has 258 valence electrons. The van der Waals surface area contributed by atoms with Gasteiger partial charge in [0.15, 0.2) is 17.5 Å². The van der Waals surface area contributed by atoms with Crippen molar-refractivity contribution in [3.05, 3.63) is 199 Å². The van der Waals surface area contributed by atoms with E-state index in [-0.39, 0.29) is 0 Å². The predicted octanol–water partition coefficient (Wildman–Crippen LogP) is 11.9. The summed E-state index contributed by atoms with van der Waals surface area (Å²) >= 11 is 0. The molecule has 7 aromatic carbocycles. The van der Waals surface area contributed by atoms with E-state index in [2.05, 4.69) is 140 Å². The molecule has 55 heavy (non-hydrogen) atoms. The van der Waals surface area contributed by atoms with Crippen molar-refractivity contribution in [3.8, 4) is 90.1 Å². The average molecular weight is 704 g/mol. The third-order valence-corrected chi connectivity index (χ3v) is 10.2. The Hall–Kier alpha value is -7.37. The fourth-order valence-corrected chi connectivity index (χ4v) is 7.54. The molecule has 1 aliphatic carbocycles. The first-order valence-electron chi connectivity index (χ1n) is 18.4. The summed E-state index contributed by atoms with van der Waals surface area (Å²) in [5.41, 5.74) is 15.8. The van der Waals surface area contributed by atoms with Crippen molar-refractivity contribution in [2.75, 3.05) is 0 Å². The molecule has 0 N–H and O–H groups in total. The number of fused-ring (bicyclic) bond motifs is 3. The van der Waals surface area contributed by atoms with Crippen LogP contribution in [0.25, 0.3) is 90.1 Å². The molecule has 9 aromatic rings. The molecular weight excluding hydrogens is 671 g/mol. The quantitative estimate of drug-likeness (QED) is 0.165. The topological polar surface area (TPSA) is 64.5 Å². The Labute approximate surface area is 319 Å². The second kappa shape index (κ2) is 13.9. The van der Waals surface area contributed by atoms with Crippen LogP contribution in [-0.4, -0.2) is 24.9 Å². The fourth-order valence-electron chi connectivity index (χ4n) is 7.54. The van der Waals surface area contributed by atoms with Crippen LogP contribution >= 0.6 is 0 Å². The van der Waals surface area contributed by atoms with E-state index in [1.165, 1.54) is 16.7 Å². The van der Waals surface area contributed by atoms with Crippen molar-refractivity contribution in [3.63, 3.8) is 0 Å². The van der Waals surface area contributed by atoms with Gasteiger partial charge in [-0.25, -0.2) is 24.9 Å². The Morgan fingerprint density at radius 2 is 0.745 bits per heavy atom. The van der Waals surface area contributed by atoms with Gasteiger partial charge in [-0.15, -0.1) is 0 Å². The summed E-state index contributed by atoms with van der Waals surface area (Å²) < 4.78 is 0. The van der Waals surface area contributed by atoms with Gasteiger partial charge in [-0.2, -0.15) is 0 Å². The second-order valence-corrected chi connectivity index (χ2v) is 13.7. The molecule has 0 radical (unpaired) electrons. The Kier molecular flexibility index (Phi) is 8.15. The zero-order chi connectivity index (χ0) is 36.6. The highest BCUT2D eigenvalue weighted by Gasteiger charge is 2.25. The van der Waals surface area contributed by atoms with Gasteiger partial charge in [0.2, 0.25) is 0 Å². The lowest BCUT2D eigenvalue weighted by Gasteiger charge is -2.14. The van der Waals surface area contributed by atoms with E-state index >= 15 is 0 Å². The van der Waals surface area contributed by atoms with Crippen LogP contribution in [0.1, 0.15) is 11.1 Å². The van der Waals surface area contributed by atoms with Crippen LogP contribution in [0.3, 0.4) is 0 Å². The molecule has 0 bridgehead atoms. The van der Waals surface area contributed by atoms with Crippen molar-refractivity contribution in [2.45, 2.75) is 6.42 Å². The Bertz CT molecular complexity index is 2830. The van der Waals surface area contributed by atoms with E-state index < -0.39 is 0 Å². The molecule has 0 spiro atoms. The first kappa shape index (κ1) is 32.3. The van der Waals surface area contributed by atoms with E-state index in [4.69, 9.17) is 24.9 Å². The summed E-state index contributed by atoms with van der Waals surface area (Å²) in [6.45, 7) is 0. The van der Waals surface area contributed by atoms with Gasteiger partial charge in [0.1, 0.15) is 6.33 Å². The minimum atomic E-state index is 0.588. The maximum Gasteiger partial charge on any atom is 0.164 e. The maximum atomic E-state index is 5.22. The predicted molar refractivity (Wildman–Crippen MR) is 222 cm³/mol. The number of hydrogen-bond acceptors (Lipinski definition) is 5. The molecule has 0 amide bonds. The zero-order valence-electron chi connectivity index (χ0n) is 29.8. The molecule has 0 saturated carbocycles. The van der Waals surface area contributed by atoms with Gasteiger partial charge in [-0.05, 0) is 69.3 Å². The van der Waals surface area contributed by atoms with Crippen LogP contribution in [0.15, 0.2) is 188 Å². The SMILES string of the molecule is c1ccc(-c2cccc(-c3cc(-c4nc(-c5ccccc5)nc(-c5cccc(-c6ccccc6)c5)n4)cc(-c4ncnc5c4Cc4ccccc4-5)c3)c2)cc1. The Balaban J connectivity index is 1.18. The first-order valence-corrected chi connectivity index (χ1v) is 18.4. The molecule has 0 aliphatic heterocycles. The summed E-state index contributed by atoms with van der Waals surface area (Å²) in [6.07, 6.45) is 2.46. The lowest BCUT2D eigenvalue weighted by Crippen LogP contribution is -2.01. The van der Waals surface area contributed by atoms with Crippen molar-refractivity contribution < 1.29 is 0 Å². The maximum absolute atomic E-state index is 5.22. The van der Waals surface area contributed by atoms with Crippen molar-refractivity contribution in [1.82, 2.24) is 24.9 Å². The molecule has 0 saturated heterocycles. The minimum Gasteiger partial charge on any atom is -0.236 e. The number of aromatic nitrogens is 5. The summed E-state index contributed by atoms with van der Waals surface area (Å²) in [4.78, 5) is 25.2. The lowest BCUT2D eigenvalue weighted by atomic mass is 9.94. The van der Waals surface area contributed by atoms with Gasteiger partial charge in [0.05, 0.1) is 11.4 Å². The van der Waals surface area contributed by atoms with E-state index in [9.17, 15) is 0 Å². The smallest absolute Gasteiger partial charge is 0.164 e. The van der Waals surface area contributed by atoms with Gasteiger partial charge in [0, 0.05) is 39.8 Å². The highest BCUT2D eigenvalue weighted by atomic mass is 15.0. The van der Waals surface area contributed by atoms with E-state index in [1.807, 2.05) is 42.5 Å². The third-order valence-electron chi connectivity index (χ3n) is 10.2. The first-order chi connectivity index (χ1) is 27.2. The summed E-state index contributed by atoms with van der Waals surface area (Å²) in [5, 5.41) is 0. The van der Waals surface area contributed by atoms with Gasteiger partial charge in [0.25, 0.3) is 0 Å². The van der Waals surface area contributed by atoms with Gasteiger partial charge >= 0.3 is 0 Å². The lowest BCUT2D eigenvalue weighted by molar-refractivity contribution is 1.07. The molecule has 10 rings (SSSR count). The number of rotatable bonds is 7. The van der Waals surface area contributed by atoms with E-state index in [1.54, 1.807) is 6.33 Å². The van der Waals surface area contributed by atoms with Gasteiger partial charge in [-0.1, -0.05) is 152 Å². The third kappa shape index (κ3) is 6.28. The number of benzene rings is 7. The van der Waals surface area contributed by atoms with Crippen molar-refractivity contribution in [1.29, 1.82) is 0 Å². The molecule has 2 heterocycles. The fraction of sp³-hybridized carbons (Fsp3) is 0.0200. The van der Waals surface area contributed by atoms with Crippen LogP contribution in [0, 0.1) is 0 Å². The van der Waals surface area contributed by atoms with Crippen molar-refractivity contribution in [2.24, 2.45) is 0 Å². The Morgan fingerprint density at radius 3 is 1.42 bits per heavy atom. The molecule has 2 aromatic heterocycles. The molecular formula is C50H33N5. The second-order valence-electron chi connectivity index (χ2n) is 13.7. The molecule has 5 heteroatoms. The van der Waals surface area contributed by atoms with E-state index in [0.29, 0.717) is 17.5 Å². The van der Waals surface area contributed by atoms with Crippen LogP contribution in [0.5, 0.6) is 0 Å². The van der Waals surface area contributed by atoms with Gasteiger partial charge < -0.3 is 0 Å². The van der Waals surface area contributed by atoms with Crippen LogP contribution in [0.4, 0.5) is 0 Å². The molecule has 0 unspecified atom stereocenters. The largest absolute Gasteiger partial charge is 0.236 e. The number of nitrogens with zero attached hydrogens (tertiary/aromatic N) is 5. The Morgan fingerprint density at radius 1 is 0.309 bits per heavy atom. The average Bonchev–Trinajstić information content (AvgIpc) is 3.66. The van der Waals surface area contributed by atoms with Crippen molar-refractivity contribution >= 4 is 0 Å². The van der Waals surface area contributed by atoms with Gasteiger partial charge in [-0.3, -0.25) is 0 Å². The zero-order valence-corrected chi connectivity index (χ0v) is 29.8. The summed E-state index contributed by atoms with van der Waals surface area (Å²) in [6, 6.07) is 63.2.